The zero-order valence-corrected chi connectivity index (χ0v) is 24.1. The number of likely N-dealkylation sites (tertiary alicyclic amines) is 1. The molecule has 1 N–H and O–H groups in total. The van der Waals surface area contributed by atoms with Crippen LogP contribution in [-0.4, -0.2) is 58.3 Å². The standard InChI is InChI=1S/C28H35BrN4O5/c1-17-14-28(10-12-33(13-11-28)26(36)38-27(2,3)4)21(23(17)34)24(35)22-25(31-16-20(29)32-22)30-15-18-6-8-19(37-5)9-7-18/h6-9,16-17,21H,10-15H2,1-5H3,(H,30,31). The molecule has 0 bridgehead atoms. The van der Waals surface area contributed by atoms with Crippen LogP contribution in [0.5, 0.6) is 5.75 Å². The molecule has 2 heterocycles. The van der Waals surface area contributed by atoms with Crippen molar-refractivity contribution in [1.29, 1.82) is 0 Å². The molecule has 1 amide bonds. The van der Waals surface area contributed by atoms with Crippen LogP contribution in [0, 0.1) is 17.3 Å². The number of Topliss-reactive ketones (excluding diaryl/α,β-unsaturated/α-hetero) is 2. The molecule has 2 fully saturated rings. The average molecular weight is 588 g/mol. The number of aromatic nitrogens is 2. The number of ether oxygens (including phenoxy) is 2. The average Bonchev–Trinajstić information content (AvgIpc) is 3.11. The first-order valence-electron chi connectivity index (χ1n) is 12.9. The van der Waals surface area contributed by atoms with E-state index in [2.05, 4.69) is 31.2 Å². The number of ketones is 2. The van der Waals surface area contributed by atoms with Gasteiger partial charge >= 0.3 is 6.09 Å². The Labute approximate surface area is 231 Å². The number of halogens is 1. The number of hydrogen-bond donors (Lipinski definition) is 1. The first-order valence-corrected chi connectivity index (χ1v) is 13.7. The summed E-state index contributed by atoms with van der Waals surface area (Å²) in [6, 6.07) is 7.58. The van der Waals surface area contributed by atoms with Gasteiger partial charge in [-0.05, 0) is 79.1 Å². The lowest BCUT2D eigenvalue weighted by Crippen LogP contribution is -2.48. The highest BCUT2D eigenvalue weighted by molar-refractivity contribution is 9.10. The Kier molecular flexibility index (Phi) is 8.11. The Bertz CT molecular complexity index is 1200. The van der Waals surface area contributed by atoms with Gasteiger partial charge in [-0.2, -0.15) is 0 Å². The number of piperidine rings is 1. The molecule has 0 radical (unpaired) electrons. The number of rotatable bonds is 6. The lowest BCUT2D eigenvalue weighted by Gasteiger charge is -2.42. The van der Waals surface area contributed by atoms with Gasteiger partial charge < -0.3 is 19.7 Å². The molecular formula is C28H35BrN4O5. The quantitative estimate of drug-likeness (QED) is 0.359. The van der Waals surface area contributed by atoms with Crippen LogP contribution in [0.15, 0.2) is 35.1 Å². The predicted molar refractivity (Wildman–Crippen MR) is 146 cm³/mol. The maximum absolute atomic E-state index is 14.0. The van der Waals surface area contributed by atoms with Crippen LogP contribution in [0.4, 0.5) is 10.6 Å². The molecule has 2 aliphatic rings. The number of nitrogens with one attached hydrogen (secondary N) is 1. The van der Waals surface area contributed by atoms with E-state index in [1.54, 1.807) is 12.0 Å². The zero-order chi connectivity index (χ0) is 27.7. The van der Waals surface area contributed by atoms with E-state index in [4.69, 9.17) is 9.47 Å². The van der Waals surface area contributed by atoms with Crippen LogP contribution in [-0.2, 0) is 16.1 Å². The van der Waals surface area contributed by atoms with E-state index >= 15 is 0 Å². The summed E-state index contributed by atoms with van der Waals surface area (Å²) in [6.07, 6.45) is 2.88. The highest BCUT2D eigenvalue weighted by atomic mass is 79.9. The van der Waals surface area contributed by atoms with Crippen LogP contribution >= 0.6 is 15.9 Å². The molecule has 4 rings (SSSR count). The van der Waals surface area contributed by atoms with E-state index in [1.807, 2.05) is 52.0 Å². The minimum atomic E-state index is -0.830. The van der Waals surface area contributed by atoms with E-state index in [9.17, 15) is 14.4 Å². The SMILES string of the molecule is COc1ccc(CNc2ncc(Br)nc2C(=O)C2C(=O)C(C)CC23CCN(C(=O)OC(C)(C)C)CC3)cc1. The molecule has 10 heteroatoms. The molecule has 1 saturated heterocycles. The van der Waals surface area contributed by atoms with Gasteiger partial charge in [0, 0.05) is 25.6 Å². The van der Waals surface area contributed by atoms with Crippen molar-refractivity contribution in [3.63, 3.8) is 0 Å². The van der Waals surface area contributed by atoms with Crippen LogP contribution in [0.25, 0.3) is 0 Å². The van der Waals surface area contributed by atoms with Crippen molar-refractivity contribution in [2.45, 2.75) is 59.1 Å². The highest BCUT2D eigenvalue weighted by Gasteiger charge is 2.56. The molecular weight excluding hydrogens is 552 g/mol. The second-order valence-electron chi connectivity index (χ2n) is 11.2. The van der Waals surface area contributed by atoms with Crippen molar-refractivity contribution in [3.05, 3.63) is 46.3 Å². The maximum Gasteiger partial charge on any atom is 0.410 e. The number of carbonyl (C=O) groups excluding carboxylic acids is 3. The molecule has 1 aliphatic carbocycles. The third kappa shape index (κ3) is 6.00. The van der Waals surface area contributed by atoms with Crippen molar-refractivity contribution < 1.29 is 23.9 Å². The molecule has 1 aliphatic heterocycles. The topological polar surface area (TPSA) is 111 Å². The fourth-order valence-corrected chi connectivity index (χ4v) is 5.79. The van der Waals surface area contributed by atoms with Crippen molar-refractivity contribution in [3.8, 4) is 5.75 Å². The monoisotopic (exact) mass is 586 g/mol. The summed E-state index contributed by atoms with van der Waals surface area (Å²) in [7, 11) is 1.61. The fraction of sp³-hybridized carbons (Fsp3) is 0.536. The Morgan fingerprint density at radius 3 is 2.45 bits per heavy atom. The van der Waals surface area contributed by atoms with Gasteiger partial charge in [0.15, 0.2) is 17.3 Å². The second kappa shape index (κ2) is 11.0. The van der Waals surface area contributed by atoms with Gasteiger partial charge in [-0.25, -0.2) is 14.8 Å². The van der Waals surface area contributed by atoms with Crippen molar-refractivity contribution >= 4 is 39.4 Å². The Hall–Kier alpha value is -3.01. The molecule has 204 valence electrons. The van der Waals surface area contributed by atoms with Crippen LogP contribution < -0.4 is 10.1 Å². The Morgan fingerprint density at radius 1 is 1.18 bits per heavy atom. The van der Waals surface area contributed by atoms with E-state index in [0.29, 0.717) is 49.3 Å². The third-order valence-electron chi connectivity index (χ3n) is 7.36. The summed E-state index contributed by atoms with van der Waals surface area (Å²) in [4.78, 5) is 50.6. The van der Waals surface area contributed by atoms with Crippen LogP contribution in [0.3, 0.4) is 0 Å². The van der Waals surface area contributed by atoms with Gasteiger partial charge in [-0.1, -0.05) is 19.1 Å². The lowest BCUT2D eigenvalue weighted by molar-refractivity contribution is -0.123. The number of amides is 1. The number of anilines is 1. The number of carbonyl (C=O) groups is 3. The second-order valence-corrected chi connectivity index (χ2v) is 12.0. The summed E-state index contributed by atoms with van der Waals surface area (Å²) >= 11 is 3.34. The number of hydrogen-bond acceptors (Lipinski definition) is 8. The molecule has 1 saturated carbocycles. The van der Waals surface area contributed by atoms with E-state index in [0.717, 1.165) is 11.3 Å². The fourth-order valence-electron chi connectivity index (χ4n) is 5.51. The molecule has 1 spiro atoms. The Balaban J connectivity index is 1.55. The van der Waals surface area contributed by atoms with Crippen LogP contribution in [0.2, 0.25) is 0 Å². The molecule has 38 heavy (non-hydrogen) atoms. The van der Waals surface area contributed by atoms with Gasteiger partial charge in [-0.3, -0.25) is 9.59 Å². The van der Waals surface area contributed by atoms with Gasteiger partial charge in [0.25, 0.3) is 0 Å². The first-order chi connectivity index (χ1) is 17.9. The van der Waals surface area contributed by atoms with Crippen LogP contribution in [0.1, 0.15) is 63.0 Å². The summed E-state index contributed by atoms with van der Waals surface area (Å²) in [6.45, 7) is 8.68. The van der Waals surface area contributed by atoms with Crippen molar-refractivity contribution in [1.82, 2.24) is 14.9 Å². The maximum atomic E-state index is 14.0. The Morgan fingerprint density at radius 2 is 1.84 bits per heavy atom. The van der Waals surface area contributed by atoms with Crippen molar-refractivity contribution in [2.75, 3.05) is 25.5 Å². The summed E-state index contributed by atoms with van der Waals surface area (Å²) in [5, 5.41) is 3.22. The van der Waals surface area contributed by atoms with E-state index in [1.165, 1.54) is 6.20 Å². The molecule has 2 aromatic rings. The van der Waals surface area contributed by atoms with Crippen molar-refractivity contribution in [2.24, 2.45) is 17.3 Å². The minimum Gasteiger partial charge on any atom is -0.497 e. The highest BCUT2D eigenvalue weighted by Crippen LogP contribution is 2.52. The third-order valence-corrected chi connectivity index (χ3v) is 7.75. The van der Waals surface area contributed by atoms with Gasteiger partial charge in [-0.15, -0.1) is 0 Å². The zero-order valence-electron chi connectivity index (χ0n) is 22.5. The largest absolute Gasteiger partial charge is 0.497 e. The van der Waals surface area contributed by atoms with Gasteiger partial charge in [0.05, 0.1) is 19.2 Å². The lowest BCUT2D eigenvalue weighted by atomic mass is 9.68. The number of methoxy groups -OCH3 is 1. The van der Waals surface area contributed by atoms with Gasteiger partial charge in [0.2, 0.25) is 0 Å². The number of benzene rings is 1. The summed E-state index contributed by atoms with van der Waals surface area (Å²) < 4.78 is 11.2. The summed E-state index contributed by atoms with van der Waals surface area (Å²) in [5.74, 6) is -0.372. The molecule has 1 aromatic carbocycles. The minimum absolute atomic E-state index is 0.0661. The molecule has 9 nitrogen and oxygen atoms in total. The normalized spacial score (nSPS) is 20.9. The number of nitrogens with zero attached hydrogens (tertiary/aromatic N) is 3. The van der Waals surface area contributed by atoms with E-state index in [-0.39, 0.29) is 29.3 Å². The van der Waals surface area contributed by atoms with Gasteiger partial charge in [0.1, 0.15) is 21.7 Å². The molecule has 2 atom stereocenters. The first kappa shape index (κ1) is 28.0. The molecule has 2 unspecified atom stereocenters. The molecule has 1 aromatic heterocycles. The summed E-state index contributed by atoms with van der Waals surface area (Å²) in [5.41, 5.74) is 0.0141. The predicted octanol–water partition coefficient (Wildman–Crippen LogP) is 5.28. The smallest absolute Gasteiger partial charge is 0.410 e. The van der Waals surface area contributed by atoms with E-state index < -0.39 is 16.9 Å².